The summed E-state index contributed by atoms with van der Waals surface area (Å²) in [5.41, 5.74) is 4.32. The average molecular weight is 376 g/mol. The van der Waals surface area contributed by atoms with E-state index in [0.717, 1.165) is 17.0 Å². The van der Waals surface area contributed by atoms with E-state index in [1.807, 2.05) is 19.1 Å². The smallest absolute Gasteiger partial charge is 0.262 e. The second-order valence-corrected chi connectivity index (χ2v) is 8.05. The fourth-order valence-corrected chi connectivity index (χ4v) is 4.14. The summed E-state index contributed by atoms with van der Waals surface area (Å²) in [5, 5.41) is 7.63. The number of nitrogens with zero attached hydrogens (tertiary/aromatic N) is 1. The minimum Gasteiger partial charge on any atom is -0.282 e. The molecule has 5 nitrogen and oxygen atoms in total. The van der Waals surface area contributed by atoms with Crippen LogP contribution >= 0.6 is 11.6 Å². The fourth-order valence-electron chi connectivity index (χ4n) is 2.56. The number of H-pyrrole nitrogens is 1. The molecule has 0 atom stereocenters. The van der Waals surface area contributed by atoms with E-state index in [0.29, 0.717) is 21.8 Å². The van der Waals surface area contributed by atoms with Gasteiger partial charge in [0.1, 0.15) is 0 Å². The van der Waals surface area contributed by atoms with E-state index in [9.17, 15) is 8.42 Å². The molecule has 0 radical (unpaired) electrons. The summed E-state index contributed by atoms with van der Waals surface area (Å²) < 4.78 is 28.2. The van der Waals surface area contributed by atoms with Crippen molar-refractivity contribution < 1.29 is 8.42 Å². The molecule has 3 aromatic rings. The van der Waals surface area contributed by atoms with E-state index in [1.165, 1.54) is 0 Å². The SMILES string of the molecule is Cc1cc(-c2cccc(NS(=O)(=O)c3cc(C)c(Cl)cc3C)c2)n[nH]1. The molecule has 0 fully saturated rings. The van der Waals surface area contributed by atoms with Gasteiger partial charge >= 0.3 is 0 Å². The lowest BCUT2D eigenvalue weighted by atomic mass is 10.1. The van der Waals surface area contributed by atoms with Gasteiger partial charge in [0.25, 0.3) is 10.0 Å². The van der Waals surface area contributed by atoms with Gasteiger partial charge in [-0.05, 0) is 62.2 Å². The number of benzene rings is 2. The molecule has 0 amide bonds. The second kappa shape index (κ2) is 6.54. The molecule has 0 aliphatic rings. The molecule has 7 heteroatoms. The van der Waals surface area contributed by atoms with Gasteiger partial charge < -0.3 is 0 Å². The zero-order chi connectivity index (χ0) is 18.2. The Morgan fingerprint density at radius 2 is 1.80 bits per heavy atom. The second-order valence-electron chi connectivity index (χ2n) is 5.99. The molecule has 0 spiro atoms. The van der Waals surface area contributed by atoms with Gasteiger partial charge in [0.05, 0.1) is 10.6 Å². The van der Waals surface area contributed by atoms with Crippen LogP contribution in [0.3, 0.4) is 0 Å². The maximum atomic E-state index is 12.8. The fraction of sp³-hybridized carbons (Fsp3) is 0.167. The molecule has 2 aromatic carbocycles. The van der Waals surface area contributed by atoms with E-state index in [2.05, 4.69) is 14.9 Å². The number of rotatable bonds is 4. The Hall–Kier alpha value is -2.31. The van der Waals surface area contributed by atoms with E-state index in [1.54, 1.807) is 44.2 Å². The molecule has 0 aliphatic carbocycles. The number of aryl methyl sites for hydroxylation is 3. The van der Waals surface area contributed by atoms with Crippen molar-refractivity contribution >= 4 is 27.3 Å². The maximum absolute atomic E-state index is 12.8. The zero-order valence-corrected chi connectivity index (χ0v) is 15.7. The summed E-state index contributed by atoms with van der Waals surface area (Å²) >= 11 is 6.06. The molecule has 25 heavy (non-hydrogen) atoms. The Kier molecular flexibility index (Phi) is 4.58. The molecule has 0 aliphatic heterocycles. The standard InChI is InChI=1S/C18H18ClN3O2S/c1-11-8-18(12(2)7-16(11)19)25(23,24)22-15-6-4-5-14(10-15)17-9-13(3)20-21-17/h4-10,22H,1-3H3,(H,20,21). The highest BCUT2D eigenvalue weighted by Gasteiger charge is 2.18. The molecule has 0 bridgehead atoms. The zero-order valence-electron chi connectivity index (χ0n) is 14.1. The lowest BCUT2D eigenvalue weighted by molar-refractivity contribution is 0.600. The van der Waals surface area contributed by atoms with Crippen LogP contribution in [-0.4, -0.2) is 18.6 Å². The van der Waals surface area contributed by atoms with Crippen LogP contribution in [0.2, 0.25) is 5.02 Å². The Balaban J connectivity index is 1.95. The summed E-state index contributed by atoms with van der Waals surface area (Å²) in [7, 11) is -3.71. The summed E-state index contributed by atoms with van der Waals surface area (Å²) in [5.74, 6) is 0. The van der Waals surface area contributed by atoms with Crippen molar-refractivity contribution in [2.75, 3.05) is 4.72 Å². The van der Waals surface area contributed by atoms with Gasteiger partial charge in [-0.3, -0.25) is 9.82 Å². The van der Waals surface area contributed by atoms with E-state index < -0.39 is 10.0 Å². The number of halogens is 1. The third kappa shape index (κ3) is 3.70. The van der Waals surface area contributed by atoms with Crippen LogP contribution in [0.5, 0.6) is 0 Å². The van der Waals surface area contributed by atoms with Crippen molar-refractivity contribution in [2.45, 2.75) is 25.7 Å². The number of nitrogens with one attached hydrogen (secondary N) is 2. The number of hydrogen-bond donors (Lipinski definition) is 2. The molecule has 1 aromatic heterocycles. The van der Waals surface area contributed by atoms with Gasteiger partial charge in [-0.25, -0.2) is 8.42 Å². The molecule has 0 saturated carbocycles. The first-order chi connectivity index (χ1) is 11.8. The van der Waals surface area contributed by atoms with E-state index in [-0.39, 0.29) is 4.90 Å². The third-order valence-electron chi connectivity index (χ3n) is 3.86. The third-order valence-corrected chi connectivity index (χ3v) is 5.79. The van der Waals surface area contributed by atoms with Crippen LogP contribution in [-0.2, 0) is 10.0 Å². The Morgan fingerprint density at radius 1 is 1.04 bits per heavy atom. The molecular formula is C18H18ClN3O2S. The highest BCUT2D eigenvalue weighted by molar-refractivity contribution is 7.92. The predicted octanol–water partition coefficient (Wildman–Crippen LogP) is 4.46. The van der Waals surface area contributed by atoms with Crippen molar-refractivity contribution in [3.8, 4) is 11.3 Å². The van der Waals surface area contributed by atoms with Crippen LogP contribution in [0.25, 0.3) is 11.3 Å². The van der Waals surface area contributed by atoms with Gasteiger partial charge in [-0.1, -0.05) is 23.7 Å². The van der Waals surface area contributed by atoms with E-state index >= 15 is 0 Å². The van der Waals surface area contributed by atoms with Crippen molar-refractivity contribution in [2.24, 2.45) is 0 Å². The van der Waals surface area contributed by atoms with Gasteiger partial charge in [-0.2, -0.15) is 5.10 Å². The lowest BCUT2D eigenvalue weighted by Crippen LogP contribution is -2.14. The van der Waals surface area contributed by atoms with Crippen LogP contribution in [0.1, 0.15) is 16.8 Å². The minimum absolute atomic E-state index is 0.218. The highest BCUT2D eigenvalue weighted by atomic mass is 35.5. The lowest BCUT2D eigenvalue weighted by Gasteiger charge is -2.12. The summed E-state index contributed by atoms with van der Waals surface area (Å²) in [6.07, 6.45) is 0. The monoisotopic (exact) mass is 375 g/mol. The van der Waals surface area contributed by atoms with Crippen molar-refractivity contribution in [1.82, 2.24) is 10.2 Å². The van der Waals surface area contributed by atoms with Crippen molar-refractivity contribution in [3.05, 3.63) is 64.3 Å². The number of sulfonamides is 1. The average Bonchev–Trinajstić information content (AvgIpc) is 2.97. The number of aromatic nitrogens is 2. The van der Waals surface area contributed by atoms with Crippen molar-refractivity contribution in [1.29, 1.82) is 0 Å². The largest absolute Gasteiger partial charge is 0.282 e. The molecule has 0 unspecified atom stereocenters. The normalized spacial score (nSPS) is 11.5. The molecular weight excluding hydrogens is 358 g/mol. The van der Waals surface area contributed by atoms with Crippen LogP contribution < -0.4 is 4.72 Å². The summed E-state index contributed by atoms with van der Waals surface area (Å²) in [6, 6.07) is 12.3. The molecule has 3 rings (SSSR count). The Bertz CT molecular complexity index is 1040. The highest BCUT2D eigenvalue weighted by Crippen LogP contribution is 2.27. The number of anilines is 1. The Morgan fingerprint density at radius 3 is 2.48 bits per heavy atom. The molecule has 130 valence electrons. The van der Waals surface area contributed by atoms with E-state index in [4.69, 9.17) is 11.6 Å². The molecule has 1 heterocycles. The van der Waals surface area contributed by atoms with Gasteiger partial charge in [0.2, 0.25) is 0 Å². The van der Waals surface area contributed by atoms with Crippen LogP contribution in [0.15, 0.2) is 47.4 Å². The minimum atomic E-state index is -3.71. The quantitative estimate of drug-likeness (QED) is 0.707. The number of aromatic amines is 1. The Labute approximate surface area is 152 Å². The summed E-state index contributed by atoms with van der Waals surface area (Å²) in [4.78, 5) is 0.218. The van der Waals surface area contributed by atoms with Gasteiger partial charge in [0.15, 0.2) is 0 Å². The predicted molar refractivity (Wildman–Crippen MR) is 100 cm³/mol. The number of hydrogen-bond acceptors (Lipinski definition) is 3. The first kappa shape index (κ1) is 17.5. The topological polar surface area (TPSA) is 74.8 Å². The molecule has 0 saturated heterocycles. The van der Waals surface area contributed by atoms with Gasteiger partial charge in [-0.15, -0.1) is 0 Å². The van der Waals surface area contributed by atoms with Crippen LogP contribution in [0.4, 0.5) is 5.69 Å². The summed E-state index contributed by atoms with van der Waals surface area (Å²) in [6.45, 7) is 5.42. The van der Waals surface area contributed by atoms with Gasteiger partial charge in [0, 0.05) is 22.0 Å². The molecule has 2 N–H and O–H groups in total. The van der Waals surface area contributed by atoms with Crippen LogP contribution in [0, 0.1) is 20.8 Å². The first-order valence-electron chi connectivity index (χ1n) is 7.68. The maximum Gasteiger partial charge on any atom is 0.262 e. The first-order valence-corrected chi connectivity index (χ1v) is 9.54. The van der Waals surface area contributed by atoms with Crippen molar-refractivity contribution in [3.63, 3.8) is 0 Å².